The van der Waals surface area contributed by atoms with E-state index in [0.29, 0.717) is 37.1 Å². The van der Waals surface area contributed by atoms with Gasteiger partial charge in [0.25, 0.3) is 5.91 Å². The molecule has 2 fully saturated rings. The fourth-order valence-corrected chi connectivity index (χ4v) is 5.19. The summed E-state index contributed by atoms with van der Waals surface area (Å²) in [5, 5.41) is 3.69. The van der Waals surface area contributed by atoms with Gasteiger partial charge < -0.3 is 10.2 Å². The number of nitrogens with one attached hydrogen (secondary N) is 1. The maximum Gasteiger partial charge on any atom is 0.253 e. The number of benzene rings is 2. The Hall–Kier alpha value is -2.37. The summed E-state index contributed by atoms with van der Waals surface area (Å²) in [6, 6.07) is 15.0. The van der Waals surface area contributed by atoms with Crippen LogP contribution in [0.4, 0.5) is 5.69 Å². The molecule has 1 heterocycles. The first-order chi connectivity index (χ1) is 15.5. The molecule has 2 aromatic carbocycles. The lowest BCUT2D eigenvalue weighted by Crippen LogP contribution is -2.56. The summed E-state index contributed by atoms with van der Waals surface area (Å²) in [4.78, 5) is 30.5. The molecule has 0 unspecified atom stereocenters. The number of anilines is 1. The van der Waals surface area contributed by atoms with Crippen LogP contribution in [-0.2, 0) is 11.2 Å². The maximum absolute atomic E-state index is 13.3. The number of amides is 2. The summed E-state index contributed by atoms with van der Waals surface area (Å²) < 4.78 is 0. The average molecular weight is 454 g/mol. The van der Waals surface area contributed by atoms with Gasteiger partial charge in [0.05, 0.1) is 6.04 Å². The largest absolute Gasteiger partial charge is 0.336 e. The average Bonchev–Trinajstić information content (AvgIpc) is 3.33. The van der Waals surface area contributed by atoms with Crippen LogP contribution in [0.2, 0.25) is 5.02 Å². The Bertz CT molecular complexity index is 932. The Morgan fingerprint density at radius 1 is 1.03 bits per heavy atom. The van der Waals surface area contributed by atoms with Gasteiger partial charge >= 0.3 is 0 Å². The van der Waals surface area contributed by atoms with Crippen molar-refractivity contribution in [3.8, 4) is 0 Å². The highest BCUT2D eigenvalue weighted by Gasteiger charge is 2.37. The molecule has 4 rings (SSSR count). The van der Waals surface area contributed by atoms with Gasteiger partial charge in [-0.2, -0.15) is 0 Å². The molecule has 1 aliphatic carbocycles. The zero-order valence-electron chi connectivity index (χ0n) is 18.7. The number of aryl methyl sites for hydroxylation is 1. The van der Waals surface area contributed by atoms with E-state index in [1.54, 1.807) is 12.1 Å². The molecule has 2 aromatic rings. The topological polar surface area (TPSA) is 52.7 Å². The predicted molar refractivity (Wildman–Crippen MR) is 129 cm³/mol. The fourth-order valence-electron chi connectivity index (χ4n) is 5.00. The molecule has 32 heavy (non-hydrogen) atoms. The molecular weight excluding hydrogens is 422 g/mol. The first-order valence-electron chi connectivity index (χ1n) is 11.7. The molecule has 0 aromatic heterocycles. The standard InChI is InChI=1S/C26H32ClN3O2/c1-2-19-10-12-21(13-11-19)26(32)30-16-14-29(15-17-30)24(20-6-3-4-7-20)25(31)28-23-9-5-8-22(27)18-23/h5,8-13,18,20,24H,2-4,6-7,14-17H2,1H3,(H,28,31)/t24-/m0/s1. The zero-order chi connectivity index (χ0) is 22.5. The van der Waals surface area contributed by atoms with Gasteiger partial charge in [0.1, 0.15) is 0 Å². The number of hydrogen-bond acceptors (Lipinski definition) is 3. The van der Waals surface area contributed by atoms with Crippen molar-refractivity contribution in [1.29, 1.82) is 0 Å². The van der Waals surface area contributed by atoms with Gasteiger partial charge in [-0.3, -0.25) is 14.5 Å². The van der Waals surface area contributed by atoms with Crippen molar-refractivity contribution in [2.75, 3.05) is 31.5 Å². The zero-order valence-corrected chi connectivity index (χ0v) is 19.5. The number of halogens is 1. The van der Waals surface area contributed by atoms with Crippen LogP contribution in [0, 0.1) is 5.92 Å². The fraction of sp³-hybridized carbons (Fsp3) is 0.462. The van der Waals surface area contributed by atoms with Crippen LogP contribution in [-0.4, -0.2) is 53.8 Å². The third-order valence-electron chi connectivity index (χ3n) is 6.81. The first kappa shape index (κ1) is 22.8. The molecule has 2 amide bonds. The highest BCUT2D eigenvalue weighted by atomic mass is 35.5. The molecule has 170 valence electrons. The molecule has 0 spiro atoms. The van der Waals surface area contributed by atoms with Crippen molar-refractivity contribution >= 4 is 29.1 Å². The molecular formula is C26H32ClN3O2. The summed E-state index contributed by atoms with van der Waals surface area (Å²) in [6.07, 6.45) is 5.48. The Balaban J connectivity index is 1.41. The second kappa shape index (κ2) is 10.5. The van der Waals surface area contributed by atoms with Crippen molar-refractivity contribution in [3.05, 3.63) is 64.7 Å². The molecule has 0 bridgehead atoms. The van der Waals surface area contributed by atoms with E-state index in [9.17, 15) is 9.59 Å². The van der Waals surface area contributed by atoms with Crippen molar-refractivity contribution in [3.63, 3.8) is 0 Å². The van der Waals surface area contributed by atoms with Gasteiger partial charge in [-0.15, -0.1) is 0 Å². The molecule has 6 heteroatoms. The number of hydrogen-bond donors (Lipinski definition) is 1. The van der Waals surface area contributed by atoms with Gasteiger partial charge in [0.15, 0.2) is 0 Å². The number of piperazine rings is 1. The van der Waals surface area contributed by atoms with Gasteiger partial charge in [-0.05, 0) is 61.1 Å². The third-order valence-corrected chi connectivity index (χ3v) is 7.05. The second-order valence-electron chi connectivity index (χ2n) is 8.87. The molecule has 0 radical (unpaired) electrons. The van der Waals surface area contributed by atoms with E-state index >= 15 is 0 Å². The van der Waals surface area contributed by atoms with Gasteiger partial charge in [0.2, 0.25) is 5.91 Å². The Morgan fingerprint density at radius 3 is 2.34 bits per heavy atom. The molecule has 2 aliphatic rings. The minimum absolute atomic E-state index is 0.0362. The minimum Gasteiger partial charge on any atom is -0.336 e. The van der Waals surface area contributed by atoms with Crippen LogP contribution >= 0.6 is 11.6 Å². The van der Waals surface area contributed by atoms with Gasteiger partial charge in [-0.1, -0.05) is 49.6 Å². The monoisotopic (exact) mass is 453 g/mol. The van der Waals surface area contributed by atoms with Gasteiger partial charge in [-0.25, -0.2) is 0 Å². The lowest BCUT2D eigenvalue weighted by atomic mass is 9.94. The lowest BCUT2D eigenvalue weighted by molar-refractivity contribution is -0.123. The Labute approximate surface area is 195 Å². The van der Waals surface area contributed by atoms with Crippen LogP contribution in [0.15, 0.2) is 48.5 Å². The molecule has 1 saturated heterocycles. The highest BCUT2D eigenvalue weighted by molar-refractivity contribution is 6.30. The van der Waals surface area contributed by atoms with E-state index in [1.807, 2.05) is 41.3 Å². The molecule has 1 atom stereocenters. The second-order valence-corrected chi connectivity index (χ2v) is 9.30. The van der Waals surface area contributed by atoms with Crippen LogP contribution in [0.1, 0.15) is 48.5 Å². The quantitative estimate of drug-likeness (QED) is 0.679. The van der Waals surface area contributed by atoms with E-state index in [0.717, 1.165) is 30.5 Å². The third kappa shape index (κ3) is 5.33. The summed E-state index contributed by atoms with van der Waals surface area (Å²) in [5.74, 6) is 0.472. The van der Waals surface area contributed by atoms with E-state index in [-0.39, 0.29) is 17.9 Å². The summed E-state index contributed by atoms with van der Waals surface area (Å²) >= 11 is 6.10. The number of carbonyl (C=O) groups excluding carboxylic acids is 2. The van der Waals surface area contributed by atoms with Crippen molar-refractivity contribution in [1.82, 2.24) is 9.80 Å². The van der Waals surface area contributed by atoms with Crippen molar-refractivity contribution in [2.24, 2.45) is 5.92 Å². The summed E-state index contributed by atoms with van der Waals surface area (Å²) in [6.45, 7) is 4.81. The number of nitrogens with zero attached hydrogens (tertiary/aromatic N) is 2. The van der Waals surface area contributed by atoms with Crippen LogP contribution in [0.5, 0.6) is 0 Å². The maximum atomic E-state index is 13.3. The molecule has 1 saturated carbocycles. The highest BCUT2D eigenvalue weighted by Crippen LogP contribution is 2.32. The van der Waals surface area contributed by atoms with E-state index < -0.39 is 0 Å². The summed E-state index contributed by atoms with van der Waals surface area (Å²) in [7, 11) is 0. The van der Waals surface area contributed by atoms with Crippen molar-refractivity contribution < 1.29 is 9.59 Å². The molecule has 1 N–H and O–H groups in total. The SMILES string of the molecule is CCc1ccc(C(=O)N2CCN([C@H](C(=O)Nc3cccc(Cl)c3)C3CCCC3)CC2)cc1. The predicted octanol–water partition coefficient (Wildman–Crippen LogP) is 4.86. The van der Waals surface area contributed by atoms with E-state index in [4.69, 9.17) is 11.6 Å². The Morgan fingerprint density at radius 2 is 1.72 bits per heavy atom. The van der Waals surface area contributed by atoms with Gasteiger partial charge in [0, 0.05) is 42.5 Å². The van der Waals surface area contributed by atoms with E-state index in [2.05, 4.69) is 17.1 Å². The Kier molecular flexibility index (Phi) is 7.48. The van der Waals surface area contributed by atoms with Crippen LogP contribution in [0.25, 0.3) is 0 Å². The van der Waals surface area contributed by atoms with Crippen LogP contribution in [0.3, 0.4) is 0 Å². The summed E-state index contributed by atoms with van der Waals surface area (Å²) in [5.41, 5.74) is 2.70. The number of carbonyl (C=O) groups is 2. The van der Waals surface area contributed by atoms with Crippen molar-refractivity contribution in [2.45, 2.75) is 45.1 Å². The number of rotatable bonds is 6. The normalized spacial score (nSPS) is 18.5. The van der Waals surface area contributed by atoms with E-state index in [1.165, 1.54) is 18.4 Å². The lowest BCUT2D eigenvalue weighted by Gasteiger charge is -2.40. The molecule has 1 aliphatic heterocycles. The minimum atomic E-state index is -0.169. The van der Waals surface area contributed by atoms with Crippen LogP contribution < -0.4 is 5.32 Å². The first-order valence-corrected chi connectivity index (χ1v) is 12.1. The smallest absolute Gasteiger partial charge is 0.253 e. The molecule has 5 nitrogen and oxygen atoms in total.